The summed E-state index contributed by atoms with van der Waals surface area (Å²) in [6.07, 6.45) is 0.175. The molecule has 1 heteroatoms. The normalized spacial score (nSPS) is 14.2. The molecule has 1 rings (SSSR count). The molecule has 0 radical (unpaired) electrons. The fraction of sp³-hybridized carbons (Fsp3) is 0.500. The lowest BCUT2D eigenvalue weighted by Crippen LogP contribution is -2.19. The molecule has 0 bridgehead atoms. The predicted octanol–water partition coefficient (Wildman–Crippen LogP) is 3.42. The molecule has 0 spiro atoms. The molecule has 72 valence electrons. The van der Waals surface area contributed by atoms with Crippen LogP contribution < -0.4 is 0 Å². The average Bonchev–Trinajstić information content (AvgIpc) is 2.05. The average molecular weight is 178 g/mol. The largest absolute Gasteiger partial charge is 0.376 e. The van der Waals surface area contributed by atoms with Gasteiger partial charge in [0.25, 0.3) is 0 Å². The third-order valence-electron chi connectivity index (χ3n) is 2.12. The molecule has 1 nitrogen and oxygen atoms in total. The van der Waals surface area contributed by atoms with Gasteiger partial charge in [-0.1, -0.05) is 51.1 Å². The predicted molar refractivity (Wildman–Crippen MR) is 55.6 cm³/mol. The summed E-state index contributed by atoms with van der Waals surface area (Å²) in [5, 5.41) is 0. The topological polar surface area (TPSA) is 9.23 Å². The van der Waals surface area contributed by atoms with E-state index in [-0.39, 0.29) is 11.5 Å². The summed E-state index contributed by atoms with van der Waals surface area (Å²) in [6.45, 7) is 6.57. The molecule has 0 aliphatic heterocycles. The van der Waals surface area contributed by atoms with Crippen LogP contribution in [-0.2, 0) is 4.74 Å². The summed E-state index contributed by atoms with van der Waals surface area (Å²) >= 11 is 0. The minimum atomic E-state index is 0.149. The summed E-state index contributed by atoms with van der Waals surface area (Å²) in [5.74, 6) is 0. The Morgan fingerprint density at radius 2 is 1.62 bits per heavy atom. The van der Waals surface area contributed by atoms with Crippen LogP contribution in [0.2, 0.25) is 0 Å². The van der Waals surface area contributed by atoms with Gasteiger partial charge in [-0.2, -0.15) is 0 Å². The van der Waals surface area contributed by atoms with Crippen LogP contribution in [0, 0.1) is 5.41 Å². The van der Waals surface area contributed by atoms with E-state index in [1.165, 1.54) is 5.56 Å². The van der Waals surface area contributed by atoms with E-state index in [1.54, 1.807) is 7.11 Å². The van der Waals surface area contributed by atoms with E-state index in [1.807, 2.05) is 18.2 Å². The highest BCUT2D eigenvalue weighted by molar-refractivity contribution is 5.19. The van der Waals surface area contributed by atoms with Crippen LogP contribution in [0.3, 0.4) is 0 Å². The van der Waals surface area contributed by atoms with Crippen molar-refractivity contribution in [2.75, 3.05) is 7.11 Å². The number of ether oxygens (including phenoxy) is 1. The highest BCUT2D eigenvalue weighted by Gasteiger charge is 2.25. The first kappa shape index (κ1) is 10.3. The lowest BCUT2D eigenvalue weighted by Gasteiger charge is -2.29. The van der Waals surface area contributed by atoms with Crippen LogP contribution in [0.25, 0.3) is 0 Å². The van der Waals surface area contributed by atoms with Crippen molar-refractivity contribution in [2.45, 2.75) is 26.9 Å². The van der Waals surface area contributed by atoms with Gasteiger partial charge < -0.3 is 4.74 Å². The Bertz CT molecular complexity index is 246. The molecule has 13 heavy (non-hydrogen) atoms. The summed E-state index contributed by atoms with van der Waals surface area (Å²) in [5.41, 5.74) is 1.40. The first-order valence-corrected chi connectivity index (χ1v) is 4.63. The molecule has 1 aromatic rings. The zero-order valence-corrected chi connectivity index (χ0v) is 8.87. The van der Waals surface area contributed by atoms with Gasteiger partial charge in [0, 0.05) is 7.11 Å². The highest BCUT2D eigenvalue weighted by Crippen LogP contribution is 2.34. The standard InChI is InChI=1S/C12H18O/c1-12(2,3)11(13-4)10-8-6-5-7-9-10/h5-9,11H,1-4H3/t11-/m1/s1. The van der Waals surface area contributed by atoms with Crippen molar-refractivity contribution in [3.63, 3.8) is 0 Å². The Morgan fingerprint density at radius 1 is 1.08 bits per heavy atom. The SMILES string of the molecule is CO[C@H](c1ccccc1)C(C)(C)C. The smallest absolute Gasteiger partial charge is 0.0869 e. The molecule has 0 amide bonds. The molecule has 0 heterocycles. The molecule has 0 saturated carbocycles. The lowest BCUT2D eigenvalue weighted by molar-refractivity contribution is 0.0152. The second kappa shape index (κ2) is 3.93. The third kappa shape index (κ3) is 2.56. The van der Waals surface area contributed by atoms with E-state index in [0.29, 0.717) is 0 Å². The quantitative estimate of drug-likeness (QED) is 0.674. The van der Waals surface area contributed by atoms with Crippen molar-refractivity contribution >= 4 is 0 Å². The zero-order valence-electron chi connectivity index (χ0n) is 8.87. The van der Waals surface area contributed by atoms with Gasteiger partial charge in [0.05, 0.1) is 6.10 Å². The first-order valence-electron chi connectivity index (χ1n) is 4.63. The number of rotatable bonds is 2. The van der Waals surface area contributed by atoms with Crippen molar-refractivity contribution in [1.82, 2.24) is 0 Å². The molecule has 0 N–H and O–H groups in total. The Labute approximate surface area is 80.7 Å². The van der Waals surface area contributed by atoms with Crippen molar-refractivity contribution in [1.29, 1.82) is 0 Å². The van der Waals surface area contributed by atoms with Crippen LogP contribution >= 0.6 is 0 Å². The molecular formula is C12H18O. The van der Waals surface area contributed by atoms with Crippen LogP contribution in [0.5, 0.6) is 0 Å². The number of methoxy groups -OCH3 is 1. The molecule has 0 aromatic heterocycles. The van der Waals surface area contributed by atoms with Gasteiger partial charge in [0.15, 0.2) is 0 Å². The Morgan fingerprint density at radius 3 is 2.00 bits per heavy atom. The van der Waals surface area contributed by atoms with Crippen LogP contribution in [0.1, 0.15) is 32.4 Å². The molecule has 0 saturated heterocycles. The van der Waals surface area contributed by atoms with Crippen molar-refractivity contribution in [3.8, 4) is 0 Å². The van der Waals surface area contributed by atoms with Gasteiger partial charge in [-0.15, -0.1) is 0 Å². The zero-order chi connectivity index (χ0) is 9.90. The second-order valence-electron chi connectivity index (χ2n) is 4.39. The lowest BCUT2D eigenvalue weighted by atomic mass is 9.85. The Hall–Kier alpha value is -0.820. The van der Waals surface area contributed by atoms with E-state index in [2.05, 4.69) is 32.9 Å². The monoisotopic (exact) mass is 178 g/mol. The van der Waals surface area contributed by atoms with E-state index >= 15 is 0 Å². The summed E-state index contributed by atoms with van der Waals surface area (Å²) < 4.78 is 5.50. The third-order valence-corrected chi connectivity index (χ3v) is 2.12. The molecular weight excluding hydrogens is 160 g/mol. The maximum Gasteiger partial charge on any atom is 0.0869 e. The molecule has 0 fully saturated rings. The van der Waals surface area contributed by atoms with Gasteiger partial charge >= 0.3 is 0 Å². The van der Waals surface area contributed by atoms with Crippen molar-refractivity contribution < 1.29 is 4.74 Å². The van der Waals surface area contributed by atoms with Gasteiger partial charge in [0.1, 0.15) is 0 Å². The Kier molecular flexibility index (Phi) is 3.10. The summed E-state index contributed by atoms with van der Waals surface area (Å²) in [7, 11) is 1.77. The van der Waals surface area contributed by atoms with E-state index in [4.69, 9.17) is 4.74 Å². The van der Waals surface area contributed by atoms with E-state index in [0.717, 1.165) is 0 Å². The summed E-state index contributed by atoms with van der Waals surface area (Å²) in [4.78, 5) is 0. The van der Waals surface area contributed by atoms with Crippen molar-refractivity contribution in [3.05, 3.63) is 35.9 Å². The van der Waals surface area contributed by atoms with Gasteiger partial charge in [-0.3, -0.25) is 0 Å². The fourth-order valence-electron chi connectivity index (χ4n) is 1.62. The van der Waals surface area contributed by atoms with Gasteiger partial charge in [0.2, 0.25) is 0 Å². The maximum absolute atomic E-state index is 5.50. The van der Waals surface area contributed by atoms with Crippen LogP contribution in [0.4, 0.5) is 0 Å². The minimum absolute atomic E-state index is 0.149. The van der Waals surface area contributed by atoms with E-state index < -0.39 is 0 Å². The molecule has 0 unspecified atom stereocenters. The maximum atomic E-state index is 5.50. The second-order valence-corrected chi connectivity index (χ2v) is 4.39. The molecule has 0 aliphatic carbocycles. The van der Waals surface area contributed by atoms with Crippen molar-refractivity contribution in [2.24, 2.45) is 5.41 Å². The minimum Gasteiger partial charge on any atom is -0.376 e. The number of hydrogen-bond acceptors (Lipinski definition) is 1. The number of hydrogen-bond donors (Lipinski definition) is 0. The van der Waals surface area contributed by atoms with Crippen LogP contribution in [0.15, 0.2) is 30.3 Å². The van der Waals surface area contributed by atoms with Gasteiger partial charge in [-0.05, 0) is 11.0 Å². The molecule has 1 atom stereocenters. The summed E-state index contributed by atoms with van der Waals surface area (Å²) in [6, 6.07) is 10.3. The first-order chi connectivity index (χ1) is 6.05. The highest BCUT2D eigenvalue weighted by atomic mass is 16.5. The van der Waals surface area contributed by atoms with Gasteiger partial charge in [-0.25, -0.2) is 0 Å². The number of benzene rings is 1. The van der Waals surface area contributed by atoms with Crippen LogP contribution in [-0.4, -0.2) is 7.11 Å². The molecule has 1 aromatic carbocycles. The Balaban J connectivity index is 2.92. The fourth-order valence-corrected chi connectivity index (χ4v) is 1.62. The van der Waals surface area contributed by atoms with E-state index in [9.17, 15) is 0 Å². The molecule has 0 aliphatic rings.